The lowest BCUT2D eigenvalue weighted by Gasteiger charge is -2.19. The molecule has 0 radical (unpaired) electrons. The van der Waals surface area contributed by atoms with Crippen molar-refractivity contribution in [1.29, 1.82) is 0 Å². The number of carbonyl (C=O) groups excluding carboxylic acids is 7. The standard InChI is InChI=1S/C22H20ClFN2O5.C22H19FN2O5.C21H17FN2O5.C19H17FN2O3/c1-29-20-17(21(27)30-2)11-18(26-22(28)31-8-7-23)16-10-14(12-25-19(16)20)9-13-3-5-15(24)6-4-13;1-28-20-17(21(26)29-2)11-18(25-7-8-30-22(25)27)16-10-14(12-24-19(16)20)9-13-3-5-15(23)6-4-13;1-28-20(26)16-10-17(24-6-7-29-21(24)27)15-9-13(11-23-18(15)19(16)25)8-12-2-4-14(22)5-3-12;1-24-18-15(19(23)25-2)9-16(21)14-8-12(10-22-17(14)18)7-11-3-5-13(20)6-4-11/h3-6,10-12H,7-9H2,1-2H3,(H,26,28);3-6,10-12H,7-9H2,1-2H3;2-5,9-11,25H,6-8H2,1H3;3-6,8-10H,7,21H2,1-2H3. The number of carbonyl (C=O) groups is 7. The molecule has 592 valence electrons. The minimum Gasteiger partial charge on any atom is -0.505 e. The number of nitrogens with two attached hydrogens (primary N) is 1. The molecule has 8 aromatic carbocycles. The molecule has 0 spiro atoms. The molecule has 0 saturated carbocycles. The van der Waals surface area contributed by atoms with E-state index in [4.69, 9.17) is 64.7 Å². The summed E-state index contributed by atoms with van der Waals surface area (Å²) in [6.45, 7) is 1.16. The highest BCUT2D eigenvalue weighted by Gasteiger charge is 2.32. The highest BCUT2D eigenvalue weighted by atomic mass is 35.5. The molecule has 0 unspecified atom stereocenters. The van der Waals surface area contributed by atoms with Gasteiger partial charge in [-0.05, 0) is 167 Å². The van der Waals surface area contributed by atoms with Crippen molar-refractivity contribution in [3.05, 3.63) is 260 Å². The molecule has 2 aliphatic heterocycles. The molecule has 2 saturated heterocycles. The maximum Gasteiger partial charge on any atom is 0.414 e. The number of pyridine rings is 4. The quantitative estimate of drug-likeness (QED) is 0.0210. The van der Waals surface area contributed by atoms with Crippen molar-refractivity contribution in [2.75, 3.05) is 109 Å². The van der Waals surface area contributed by atoms with Crippen LogP contribution in [0.15, 0.2) is 170 Å². The SMILES string of the molecule is COC(=O)c1cc(N)c2cc(Cc3ccc(F)cc3)cnc2c1OC.COC(=O)c1cc(N2CCOC2=O)c2cc(Cc3ccc(F)cc3)cnc2c1O.COC(=O)c1cc(N2CCOC2=O)c2cc(Cc3ccc(F)cc3)cnc2c1OC.COC(=O)c1cc(NC(=O)OCCCl)c2cc(Cc3ccc(F)cc3)cnc2c1OC. The van der Waals surface area contributed by atoms with Gasteiger partial charge in [0.2, 0.25) is 0 Å². The van der Waals surface area contributed by atoms with Gasteiger partial charge in [-0.1, -0.05) is 48.5 Å². The Kier molecular flexibility index (Phi) is 26.7. The summed E-state index contributed by atoms with van der Waals surface area (Å²) < 4.78 is 103. The average molecular weight is 1590 g/mol. The fraction of sp³-hybridized carbons (Fsp3) is 0.202. The number of rotatable bonds is 20. The summed E-state index contributed by atoms with van der Waals surface area (Å²) in [5, 5.41) is 15.5. The van der Waals surface area contributed by atoms with Crippen molar-refractivity contribution in [1.82, 2.24) is 19.9 Å². The third-order valence-electron chi connectivity index (χ3n) is 18.1. The van der Waals surface area contributed by atoms with E-state index in [0.717, 1.165) is 44.5 Å². The highest BCUT2D eigenvalue weighted by molar-refractivity contribution is 6.18. The summed E-state index contributed by atoms with van der Waals surface area (Å²) in [4.78, 5) is 106. The Bertz CT molecular complexity index is 5680. The lowest BCUT2D eigenvalue weighted by Crippen LogP contribution is -2.24. The number of aromatic hydroxyl groups is 1. The molecule has 12 aromatic rings. The molecule has 2 fully saturated rings. The van der Waals surface area contributed by atoms with E-state index in [2.05, 4.69) is 25.3 Å². The number of aromatic nitrogens is 4. The number of nitrogens with one attached hydrogen (secondary N) is 1. The van der Waals surface area contributed by atoms with Crippen molar-refractivity contribution in [2.24, 2.45) is 0 Å². The lowest BCUT2D eigenvalue weighted by molar-refractivity contribution is 0.0588. The maximum atomic E-state index is 13.2. The molecule has 26 nitrogen and oxygen atoms in total. The largest absolute Gasteiger partial charge is 0.505 e. The minimum absolute atomic E-state index is 0.0272. The topological polar surface area (TPSA) is 328 Å². The molecular weight excluding hydrogens is 1520 g/mol. The van der Waals surface area contributed by atoms with Crippen molar-refractivity contribution < 1.29 is 104 Å². The van der Waals surface area contributed by atoms with Crippen LogP contribution in [0.1, 0.15) is 85.9 Å². The van der Waals surface area contributed by atoms with Crippen LogP contribution < -0.4 is 35.1 Å². The first-order valence-electron chi connectivity index (χ1n) is 35.1. The Morgan fingerprint density at radius 1 is 0.443 bits per heavy atom. The van der Waals surface area contributed by atoms with Crippen LogP contribution in [-0.4, -0.2) is 156 Å². The Hall–Kier alpha value is -13.9. The van der Waals surface area contributed by atoms with Gasteiger partial charge in [-0.2, -0.15) is 0 Å². The summed E-state index contributed by atoms with van der Waals surface area (Å²) >= 11 is 5.56. The summed E-state index contributed by atoms with van der Waals surface area (Å²) in [6, 6.07) is 38.1. The number of fused-ring (bicyclic) bond motifs is 4. The Morgan fingerprint density at radius 3 is 1.13 bits per heavy atom. The van der Waals surface area contributed by atoms with Crippen molar-refractivity contribution in [2.45, 2.75) is 25.7 Å². The fourth-order valence-corrected chi connectivity index (χ4v) is 12.8. The molecule has 6 heterocycles. The predicted octanol–water partition coefficient (Wildman–Crippen LogP) is 15.0. The number of benzene rings is 8. The van der Waals surface area contributed by atoms with Crippen LogP contribution in [-0.2, 0) is 58.8 Å². The number of phenols is 1. The van der Waals surface area contributed by atoms with Gasteiger partial charge >= 0.3 is 42.2 Å². The van der Waals surface area contributed by atoms with Crippen LogP contribution in [0.3, 0.4) is 0 Å². The second-order valence-corrected chi connectivity index (χ2v) is 25.8. The number of nitrogens with zero attached hydrogens (tertiary/aromatic N) is 6. The number of phenolic OH excluding ortho intramolecular Hbond substituents is 1. The van der Waals surface area contributed by atoms with Crippen LogP contribution >= 0.6 is 11.6 Å². The molecule has 31 heteroatoms. The van der Waals surface area contributed by atoms with Gasteiger partial charge in [0.15, 0.2) is 23.0 Å². The van der Waals surface area contributed by atoms with Gasteiger partial charge in [-0.3, -0.25) is 35.1 Å². The second kappa shape index (κ2) is 37.4. The van der Waals surface area contributed by atoms with Gasteiger partial charge in [0.05, 0.1) is 85.8 Å². The molecule has 0 aliphatic carbocycles. The summed E-state index contributed by atoms with van der Waals surface area (Å²) in [5.41, 5.74) is 16.6. The molecule has 3 amide bonds. The maximum absolute atomic E-state index is 13.2. The lowest BCUT2D eigenvalue weighted by atomic mass is 10.0. The number of cyclic esters (lactones) is 2. The zero-order valence-corrected chi connectivity index (χ0v) is 63.5. The van der Waals surface area contributed by atoms with Gasteiger partial charge in [0, 0.05) is 52.0 Å². The molecule has 2 aliphatic rings. The van der Waals surface area contributed by atoms with Gasteiger partial charge in [0.1, 0.15) is 87.4 Å². The third-order valence-corrected chi connectivity index (χ3v) is 18.3. The number of alkyl halides is 1. The normalized spacial score (nSPS) is 12.1. The number of amides is 3. The molecule has 0 bridgehead atoms. The van der Waals surface area contributed by atoms with Crippen LogP contribution in [0.5, 0.6) is 23.0 Å². The van der Waals surface area contributed by atoms with Crippen LogP contribution in [0, 0.1) is 23.3 Å². The Labute approximate surface area is 659 Å². The first kappa shape index (κ1) is 82.1. The van der Waals surface area contributed by atoms with E-state index in [1.165, 1.54) is 126 Å². The number of esters is 4. The molecular formula is C84H73ClF4N8O18. The van der Waals surface area contributed by atoms with E-state index >= 15 is 0 Å². The average Bonchev–Trinajstić information content (AvgIpc) is 1.31. The highest BCUT2D eigenvalue weighted by Crippen LogP contribution is 2.42. The number of halogens is 5. The number of hydrogen-bond donors (Lipinski definition) is 3. The Morgan fingerprint density at radius 2 is 0.765 bits per heavy atom. The van der Waals surface area contributed by atoms with Crippen molar-refractivity contribution in [3.63, 3.8) is 0 Å². The second-order valence-electron chi connectivity index (χ2n) is 25.4. The molecule has 115 heavy (non-hydrogen) atoms. The molecule has 0 atom stereocenters. The van der Waals surface area contributed by atoms with Crippen molar-refractivity contribution >= 4 is 120 Å². The molecule has 4 aromatic heterocycles. The van der Waals surface area contributed by atoms with E-state index < -0.39 is 42.2 Å². The third kappa shape index (κ3) is 19.2. The number of hydrogen-bond acceptors (Lipinski definition) is 23. The van der Waals surface area contributed by atoms with Crippen LogP contribution in [0.2, 0.25) is 0 Å². The van der Waals surface area contributed by atoms with Crippen LogP contribution in [0.4, 0.5) is 54.7 Å². The zero-order valence-electron chi connectivity index (χ0n) is 62.8. The Balaban J connectivity index is 0.000000151. The first-order chi connectivity index (χ1) is 55.5. The van der Waals surface area contributed by atoms with E-state index in [1.807, 2.05) is 18.2 Å². The monoisotopic (exact) mass is 1590 g/mol. The number of ether oxygens (including phenoxy) is 10. The van der Waals surface area contributed by atoms with E-state index in [-0.39, 0.29) is 94.0 Å². The number of nitrogen functional groups attached to an aromatic ring is 1. The van der Waals surface area contributed by atoms with Gasteiger partial charge in [-0.15, -0.1) is 11.6 Å². The van der Waals surface area contributed by atoms with Gasteiger partial charge < -0.3 is 58.2 Å². The van der Waals surface area contributed by atoms with Crippen molar-refractivity contribution in [3.8, 4) is 23.0 Å². The molecule has 14 rings (SSSR count). The zero-order chi connectivity index (χ0) is 82.1. The van der Waals surface area contributed by atoms with E-state index in [9.17, 15) is 56.2 Å². The smallest absolute Gasteiger partial charge is 0.414 e. The van der Waals surface area contributed by atoms with E-state index in [1.54, 1.807) is 85.5 Å². The molecule has 4 N–H and O–H groups in total. The number of anilines is 4. The van der Waals surface area contributed by atoms with Gasteiger partial charge in [-0.25, -0.2) is 51.1 Å². The summed E-state index contributed by atoms with van der Waals surface area (Å²) in [6.07, 6.45) is 6.86. The summed E-state index contributed by atoms with van der Waals surface area (Å²) in [5.74, 6) is -3.10. The fourth-order valence-electron chi connectivity index (χ4n) is 12.7. The first-order valence-corrected chi connectivity index (χ1v) is 35.6. The minimum atomic E-state index is -0.740. The predicted molar refractivity (Wildman–Crippen MR) is 418 cm³/mol. The van der Waals surface area contributed by atoms with Gasteiger partial charge in [0.25, 0.3) is 0 Å². The summed E-state index contributed by atoms with van der Waals surface area (Å²) in [7, 11) is 9.33. The van der Waals surface area contributed by atoms with Crippen LogP contribution in [0.25, 0.3) is 43.6 Å². The van der Waals surface area contributed by atoms with E-state index in [0.29, 0.717) is 105 Å². The number of methoxy groups -OCH3 is 7.